The Labute approximate surface area is 383 Å². The number of nitrogens with one attached hydrogen (secondary N) is 5. The third-order valence-electron chi connectivity index (χ3n) is 15.2. The van der Waals surface area contributed by atoms with Gasteiger partial charge in [-0.1, -0.05) is 0 Å². The van der Waals surface area contributed by atoms with Crippen LogP contribution < -0.4 is 26.6 Å². The maximum Gasteiger partial charge on any atom is 0.309 e. The summed E-state index contributed by atoms with van der Waals surface area (Å²) in [5.41, 5.74) is 0. The number of ether oxygens (including phenoxy) is 7. The Morgan fingerprint density at radius 3 is 2.11 bits per heavy atom. The number of esters is 1. The molecule has 4 saturated carbocycles. The molecule has 0 aromatic carbocycles. The van der Waals surface area contributed by atoms with Crippen LogP contribution in [0.2, 0.25) is 0 Å². The number of carbonyl (C=O) groups excluding carboxylic acids is 6. The van der Waals surface area contributed by atoms with Crippen LogP contribution >= 0.6 is 0 Å². The first-order chi connectivity index (χ1) is 31.6. The molecule has 16 atom stereocenters. The number of ketones is 1. The van der Waals surface area contributed by atoms with Crippen molar-refractivity contribution in [2.45, 2.75) is 157 Å². The second kappa shape index (κ2) is 22.3. The van der Waals surface area contributed by atoms with Gasteiger partial charge in [0.15, 0.2) is 12.4 Å². The Morgan fingerprint density at radius 2 is 1.45 bits per heavy atom. The van der Waals surface area contributed by atoms with E-state index in [9.17, 15) is 49.2 Å². The minimum atomic E-state index is -1.81. The molecule has 372 valence electrons. The fourth-order valence-corrected chi connectivity index (χ4v) is 11.9. The van der Waals surface area contributed by atoms with E-state index in [0.29, 0.717) is 51.4 Å². The van der Waals surface area contributed by atoms with Gasteiger partial charge in [-0.3, -0.25) is 28.8 Å². The number of Topliss-reactive ketones (excluding diaryl/α,β-unsaturated/α-hetero) is 1. The molecule has 0 bridgehead atoms. The Bertz CT molecular complexity index is 1720. The van der Waals surface area contributed by atoms with Crippen LogP contribution in [0.15, 0.2) is 0 Å². The third kappa shape index (κ3) is 11.2. The van der Waals surface area contributed by atoms with E-state index in [4.69, 9.17) is 33.2 Å². The normalized spacial score (nSPS) is 41.3. The number of amides is 4. The Hall–Kier alpha value is -3.42. The topological polar surface area (TPSA) is 308 Å². The Morgan fingerprint density at radius 1 is 0.773 bits per heavy atom. The van der Waals surface area contributed by atoms with E-state index in [1.54, 1.807) is 21.3 Å². The van der Waals surface area contributed by atoms with Gasteiger partial charge in [-0.15, -0.1) is 0 Å². The molecule has 4 aliphatic carbocycles. The SMILES string of the molecule is CNC(CCC(=O)NCC(C)=O)C(=O)NCC(=O)NC1CCC(NC(=O)C2OC(OC3C4CC5COC(=O)C5C(C5CC(OC)C(O)C(OC)C5)C4CC4OCOC43)C(O)C(O)C2O)CC1. The number of rotatable bonds is 17. The fraction of sp³-hybridized carbons (Fsp3) is 0.864. The molecule has 3 heterocycles. The van der Waals surface area contributed by atoms with Crippen molar-refractivity contribution in [1.29, 1.82) is 0 Å². The number of aliphatic hydroxyl groups is 4. The standard InChI is InChI=1S/C44H69N5O17/c1-19(50)15-46-30(51)10-9-26(45-2)41(57)47-16-31(52)48-22-5-7-23(8-6-22)49-42(58)40-36(55)35(54)37(56)44(66-40)65-38-25-11-21-17-62-43(59)33(21)32(24(25)14-29-39(38)64-18-63-29)20-12-27(60-3)34(53)28(13-20)61-4/h20-29,32-40,44-45,53-56H,5-18H2,1-4H3,(H,46,51)(H,47,57)(H,48,52)(H,49,58). The first kappa shape index (κ1) is 50.5. The second-order valence-electron chi connectivity index (χ2n) is 19.2. The van der Waals surface area contributed by atoms with Crippen LogP contribution in [0.3, 0.4) is 0 Å². The van der Waals surface area contributed by atoms with E-state index in [-0.39, 0.29) is 98.7 Å². The number of cyclic esters (lactones) is 1. The van der Waals surface area contributed by atoms with E-state index in [1.807, 2.05) is 0 Å². The summed E-state index contributed by atoms with van der Waals surface area (Å²) >= 11 is 0. The van der Waals surface area contributed by atoms with Gasteiger partial charge in [0.2, 0.25) is 17.7 Å². The molecule has 0 aromatic rings. The molecule has 22 heteroatoms. The minimum Gasteiger partial charge on any atom is -0.465 e. The molecule has 4 amide bonds. The molecule has 9 N–H and O–H groups in total. The van der Waals surface area contributed by atoms with Gasteiger partial charge in [-0.25, -0.2) is 0 Å². The summed E-state index contributed by atoms with van der Waals surface area (Å²) in [6.07, 6.45) is -8.02. The van der Waals surface area contributed by atoms with Crippen molar-refractivity contribution in [3.8, 4) is 0 Å². The molecule has 7 fully saturated rings. The van der Waals surface area contributed by atoms with E-state index in [0.717, 1.165) is 0 Å². The molecule has 3 aliphatic heterocycles. The number of fused-ring (bicyclic) bond motifs is 3. The summed E-state index contributed by atoms with van der Waals surface area (Å²) in [6, 6.07) is -1.33. The zero-order valence-corrected chi connectivity index (χ0v) is 38.0. The lowest BCUT2D eigenvalue weighted by atomic mass is 9.52. The molecule has 7 aliphatic rings. The second-order valence-corrected chi connectivity index (χ2v) is 19.2. The van der Waals surface area contributed by atoms with Crippen molar-refractivity contribution in [2.75, 3.05) is 47.8 Å². The summed E-state index contributed by atoms with van der Waals surface area (Å²) in [6.45, 7) is 1.21. The molecule has 3 saturated heterocycles. The molecular weight excluding hydrogens is 871 g/mol. The number of hydrogen-bond acceptors (Lipinski definition) is 18. The van der Waals surface area contributed by atoms with Gasteiger partial charge in [-0.05, 0) is 95.4 Å². The summed E-state index contributed by atoms with van der Waals surface area (Å²) in [7, 11) is 4.65. The fourth-order valence-electron chi connectivity index (χ4n) is 11.9. The number of likely N-dealkylation sites (N-methyl/N-ethyl adjacent to an activating group) is 1. The average Bonchev–Trinajstić information content (AvgIpc) is 3.93. The molecule has 22 nitrogen and oxygen atoms in total. The van der Waals surface area contributed by atoms with Crippen LogP contribution in [0.5, 0.6) is 0 Å². The molecule has 0 spiro atoms. The smallest absolute Gasteiger partial charge is 0.309 e. The molecule has 7 rings (SSSR count). The zero-order valence-electron chi connectivity index (χ0n) is 38.0. The summed E-state index contributed by atoms with van der Waals surface area (Å²) in [5, 5.41) is 58.1. The average molecular weight is 940 g/mol. The maximum absolute atomic E-state index is 13.8. The Balaban J connectivity index is 0.940. The number of methoxy groups -OCH3 is 2. The molecule has 16 unspecified atom stereocenters. The lowest BCUT2D eigenvalue weighted by Gasteiger charge is -2.55. The van der Waals surface area contributed by atoms with Crippen LogP contribution in [0.25, 0.3) is 0 Å². The van der Waals surface area contributed by atoms with Gasteiger partial charge in [0.1, 0.15) is 43.1 Å². The van der Waals surface area contributed by atoms with Gasteiger partial charge < -0.3 is 80.2 Å². The number of aliphatic hydroxyl groups excluding tert-OH is 4. The van der Waals surface area contributed by atoms with E-state index < -0.39 is 97.0 Å². The summed E-state index contributed by atoms with van der Waals surface area (Å²) in [5.74, 6) is -3.67. The van der Waals surface area contributed by atoms with Crippen LogP contribution in [0.4, 0.5) is 0 Å². The van der Waals surface area contributed by atoms with Gasteiger partial charge >= 0.3 is 5.97 Å². The van der Waals surface area contributed by atoms with E-state index in [2.05, 4.69) is 26.6 Å². The molecular formula is C44H69N5O17. The van der Waals surface area contributed by atoms with Crippen molar-refractivity contribution < 1.29 is 82.4 Å². The van der Waals surface area contributed by atoms with Gasteiger partial charge in [0, 0.05) is 38.6 Å². The van der Waals surface area contributed by atoms with E-state index in [1.165, 1.54) is 6.92 Å². The monoisotopic (exact) mass is 939 g/mol. The van der Waals surface area contributed by atoms with Crippen molar-refractivity contribution in [1.82, 2.24) is 26.6 Å². The van der Waals surface area contributed by atoms with Crippen molar-refractivity contribution in [3.05, 3.63) is 0 Å². The van der Waals surface area contributed by atoms with Crippen molar-refractivity contribution >= 4 is 35.4 Å². The van der Waals surface area contributed by atoms with Crippen LogP contribution in [0, 0.1) is 35.5 Å². The van der Waals surface area contributed by atoms with E-state index >= 15 is 0 Å². The maximum atomic E-state index is 13.8. The van der Waals surface area contributed by atoms with Gasteiger partial charge in [-0.2, -0.15) is 0 Å². The Kier molecular flexibility index (Phi) is 17.1. The highest BCUT2D eigenvalue weighted by Crippen LogP contribution is 2.58. The summed E-state index contributed by atoms with van der Waals surface area (Å²) < 4.78 is 42.0. The van der Waals surface area contributed by atoms with Crippen molar-refractivity contribution in [3.63, 3.8) is 0 Å². The first-order valence-corrected chi connectivity index (χ1v) is 23.4. The zero-order chi connectivity index (χ0) is 47.4. The van der Waals surface area contributed by atoms with Crippen LogP contribution in [0.1, 0.15) is 71.1 Å². The van der Waals surface area contributed by atoms with Gasteiger partial charge in [0.05, 0.1) is 56.1 Å². The van der Waals surface area contributed by atoms with Crippen LogP contribution in [-0.4, -0.2) is 189 Å². The van der Waals surface area contributed by atoms with Crippen LogP contribution in [-0.2, 0) is 61.9 Å². The predicted molar refractivity (Wildman–Crippen MR) is 225 cm³/mol. The highest BCUT2D eigenvalue weighted by molar-refractivity contribution is 5.88. The summed E-state index contributed by atoms with van der Waals surface area (Å²) in [4.78, 5) is 75.7. The molecule has 66 heavy (non-hydrogen) atoms. The third-order valence-corrected chi connectivity index (χ3v) is 15.2. The molecule has 0 aromatic heterocycles. The lowest BCUT2D eigenvalue weighted by molar-refractivity contribution is -0.320. The number of carbonyl (C=O) groups is 6. The largest absolute Gasteiger partial charge is 0.465 e. The number of hydrogen-bond donors (Lipinski definition) is 9. The molecule has 0 radical (unpaired) electrons. The highest BCUT2D eigenvalue weighted by atomic mass is 16.7. The highest BCUT2D eigenvalue weighted by Gasteiger charge is 2.62. The minimum absolute atomic E-state index is 0.00485. The quantitative estimate of drug-likeness (QED) is 0.0653. The first-order valence-electron chi connectivity index (χ1n) is 23.4. The lowest BCUT2D eigenvalue weighted by Crippen LogP contribution is -2.65. The van der Waals surface area contributed by atoms with Crippen molar-refractivity contribution in [2.24, 2.45) is 35.5 Å². The van der Waals surface area contributed by atoms with Gasteiger partial charge in [0.25, 0.3) is 5.91 Å². The predicted octanol–water partition coefficient (Wildman–Crippen LogP) is -3.10.